The number of aromatic nitrogens is 1. The second kappa shape index (κ2) is 11.9. The summed E-state index contributed by atoms with van der Waals surface area (Å²) in [5.74, 6) is 0.946. The van der Waals surface area contributed by atoms with Gasteiger partial charge in [-0.15, -0.1) is 11.3 Å². The van der Waals surface area contributed by atoms with Gasteiger partial charge in [-0.2, -0.15) is 0 Å². The molecule has 6 rings (SSSR count). The number of ether oxygens (including phenoxy) is 3. The van der Waals surface area contributed by atoms with Gasteiger partial charge in [-0.3, -0.25) is 9.59 Å². The number of rotatable bonds is 7. The molecule has 3 unspecified atom stereocenters. The van der Waals surface area contributed by atoms with Crippen LogP contribution in [0.3, 0.4) is 0 Å². The lowest BCUT2D eigenvalue weighted by atomic mass is 9.98. The van der Waals surface area contributed by atoms with Gasteiger partial charge < -0.3 is 24.0 Å². The van der Waals surface area contributed by atoms with E-state index in [-0.39, 0.29) is 23.8 Å². The molecule has 1 saturated carbocycles. The summed E-state index contributed by atoms with van der Waals surface area (Å²) in [5.41, 5.74) is 5.22. The average molecular weight is 604 g/mol. The highest BCUT2D eigenvalue weighted by molar-refractivity contribution is 7.14. The van der Waals surface area contributed by atoms with E-state index in [9.17, 15) is 9.59 Å². The van der Waals surface area contributed by atoms with Crippen molar-refractivity contribution in [3.05, 3.63) is 64.0 Å². The van der Waals surface area contributed by atoms with E-state index >= 15 is 0 Å². The van der Waals surface area contributed by atoms with Gasteiger partial charge in [0.2, 0.25) is 0 Å². The third-order valence-corrected chi connectivity index (χ3v) is 9.56. The van der Waals surface area contributed by atoms with Crippen LogP contribution in [0.2, 0.25) is 0 Å². The molecule has 228 valence electrons. The van der Waals surface area contributed by atoms with E-state index in [1.54, 1.807) is 11.3 Å². The van der Waals surface area contributed by atoms with Crippen molar-refractivity contribution in [2.75, 3.05) is 37.7 Å². The maximum Gasteiger partial charge on any atom is 0.311 e. The first-order valence-electron chi connectivity index (χ1n) is 15.2. The summed E-state index contributed by atoms with van der Waals surface area (Å²) in [4.78, 5) is 35.2. The van der Waals surface area contributed by atoms with E-state index < -0.39 is 5.60 Å². The van der Waals surface area contributed by atoms with Crippen molar-refractivity contribution in [1.29, 1.82) is 0 Å². The summed E-state index contributed by atoms with van der Waals surface area (Å²) >= 11 is 1.62. The number of fused-ring (bicyclic) bond motifs is 2. The second-order valence-electron chi connectivity index (χ2n) is 13.0. The van der Waals surface area contributed by atoms with E-state index in [0.717, 1.165) is 58.2 Å². The molecule has 3 heterocycles. The van der Waals surface area contributed by atoms with E-state index in [4.69, 9.17) is 19.2 Å². The maximum absolute atomic E-state index is 13.0. The first-order valence-corrected chi connectivity index (χ1v) is 16.1. The van der Waals surface area contributed by atoms with Gasteiger partial charge in [0.05, 0.1) is 24.8 Å². The fourth-order valence-corrected chi connectivity index (χ4v) is 7.42. The Kier molecular flexibility index (Phi) is 8.22. The molecule has 2 saturated heterocycles. The molecule has 43 heavy (non-hydrogen) atoms. The summed E-state index contributed by atoms with van der Waals surface area (Å²) in [5, 5.41) is 3.03. The number of anilines is 1. The SMILES string of the molecule is Cc1ccc(OCc2ccc(C(=O)N3CCOCC3)cc2C)c(-c2csc(N3CC4CCC3C4C(=O)OC(C)(C)C)n2)c1. The number of carbonyl (C=O) groups is 2. The van der Waals surface area contributed by atoms with Crippen molar-refractivity contribution in [2.45, 2.75) is 65.7 Å². The predicted octanol–water partition coefficient (Wildman–Crippen LogP) is 6.03. The molecule has 3 fully saturated rings. The number of piperidine rings is 1. The minimum atomic E-state index is -0.485. The smallest absolute Gasteiger partial charge is 0.311 e. The summed E-state index contributed by atoms with van der Waals surface area (Å²) in [6, 6.07) is 12.1. The third-order valence-electron chi connectivity index (χ3n) is 8.69. The number of esters is 1. The number of carbonyl (C=O) groups excluding carboxylic acids is 2. The van der Waals surface area contributed by atoms with Crippen LogP contribution in [-0.2, 0) is 20.9 Å². The van der Waals surface area contributed by atoms with Crippen LogP contribution >= 0.6 is 11.3 Å². The number of morpholine rings is 1. The molecule has 2 bridgehead atoms. The van der Waals surface area contributed by atoms with E-state index in [1.165, 1.54) is 0 Å². The zero-order valence-corrected chi connectivity index (χ0v) is 26.5. The maximum atomic E-state index is 13.0. The fraction of sp³-hybridized carbons (Fsp3) is 0.500. The fourth-order valence-electron chi connectivity index (χ4n) is 6.53. The largest absolute Gasteiger partial charge is 0.488 e. The van der Waals surface area contributed by atoms with Gasteiger partial charge in [-0.25, -0.2) is 4.98 Å². The van der Waals surface area contributed by atoms with Gasteiger partial charge in [0.25, 0.3) is 5.91 Å². The quantitative estimate of drug-likeness (QED) is 0.305. The zero-order chi connectivity index (χ0) is 30.3. The van der Waals surface area contributed by atoms with Gasteiger partial charge in [0, 0.05) is 42.2 Å². The lowest BCUT2D eigenvalue weighted by Crippen LogP contribution is -2.40. The van der Waals surface area contributed by atoms with Crippen LogP contribution in [0, 0.1) is 25.7 Å². The lowest BCUT2D eigenvalue weighted by molar-refractivity contribution is -0.160. The molecule has 3 aromatic rings. The van der Waals surface area contributed by atoms with Gasteiger partial charge in [0.15, 0.2) is 5.13 Å². The molecule has 3 atom stereocenters. The average Bonchev–Trinajstić information content (AvgIpc) is 3.71. The molecule has 2 aliphatic heterocycles. The van der Waals surface area contributed by atoms with Crippen LogP contribution in [0.15, 0.2) is 41.8 Å². The van der Waals surface area contributed by atoms with Crippen LogP contribution in [0.1, 0.15) is 60.7 Å². The second-order valence-corrected chi connectivity index (χ2v) is 13.8. The molecule has 1 aromatic heterocycles. The molecule has 1 aliphatic carbocycles. The lowest BCUT2D eigenvalue weighted by Gasteiger charge is -2.27. The van der Waals surface area contributed by atoms with Gasteiger partial charge in [-0.1, -0.05) is 17.7 Å². The van der Waals surface area contributed by atoms with Crippen molar-refractivity contribution >= 4 is 28.3 Å². The highest BCUT2D eigenvalue weighted by Gasteiger charge is 2.52. The summed E-state index contributed by atoms with van der Waals surface area (Å²) in [7, 11) is 0. The predicted molar refractivity (Wildman–Crippen MR) is 168 cm³/mol. The van der Waals surface area contributed by atoms with Gasteiger partial charge in [0.1, 0.15) is 18.0 Å². The molecule has 1 amide bonds. The van der Waals surface area contributed by atoms with Crippen LogP contribution in [0.25, 0.3) is 11.3 Å². The molecule has 0 N–H and O–H groups in total. The number of aryl methyl sites for hydroxylation is 2. The van der Waals surface area contributed by atoms with E-state index in [0.29, 0.717) is 44.4 Å². The van der Waals surface area contributed by atoms with Crippen molar-refractivity contribution < 1.29 is 23.8 Å². The van der Waals surface area contributed by atoms with Crippen LogP contribution in [-0.4, -0.2) is 66.3 Å². The highest BCUT2D eigenvalue weighted by Crippen LogP contribution is 2.47. The van der Waals surface area contributed by atoms with Crippen molar-refractivity contribution in [3.8, 4) is 17.0 Å². The number of nitrogens with zero attached hydrogens (tertiary/aromatic N) is 3. The highest BCUT2D eigenvalue weighted by atomic mass is 32.1. The number of amides is 1. The Morgan fingerprint density at radius 1 is 1.07 bits per heavy atom. The summed E-state index contributed by atoms with van der Waals surface area (Å²) in [6.07, 6.45) is 2.04. The zero-order valence-electron chi connectivity index (χ0n) is 25.7. The Labute approximate surface area is 258 Å². The Morgan fingerprint density at radius 3 is 2.60 bits per heavy atom. The minimum absolute atomic E-state index is 0.0441. The summed E-state index contributed by atoms with van der Waals surface area (Å²) < 4.78 is 17.6. The van der Waals surface area contributed by atoms with Crippen molar-refractivity contribution in [2.24, 2.45) is 11.8 Å². The molecule has 0 radical (unpaired) electrons. The first kappa shape index (κ1) is 29.6. The van der Waals surface area contributed by atoms with Crippen molar-refractivity contribution in [1.82, 2.24) is 9.88 Å². The molecular weight excluding hydrogens is 562 g/mol. The first-order chi connectivity index (χ1) is 20.6. The Hall–Kier alpha value is -3.43. The number of thiazole rings is 1. The van der Waals surface area contributed by atoms with E-state index in [1.807, 2.05) is 62.9 Å². The Bertz CT molecular complexity index is 1510. The Balaban J connectivity index is 1.16. The normalized spacial score (nSPS) is 21.7. The number of hydrogen-bond acceptors (Lipinski definition) is 8. The van der Waals surface area contributed by atoms with Crippen LogP contribution in [0.5, 0.6) is 5.75 Å². The topological polar surface area (TPSA) is 81.2 Å². The third kappa shape index (κ3) is 6.29. The number of hydrogen-bond donors (Lipinski definition) is 0. The standard InChI is InChI=1S/C34H41N3O5S/c1-21-6-11-29(41-19-25-8-7-23(17-22(25)2)31(38)36-12-14-40-15-13-36)26(16-21)27-20-43-33(35-27)37-18-24-9-10-28(37)30(24)32(39)42-34(3,4)5/h6-8,11,16-17,20,24,28,30H,9-10,12-15,18-19H2,1-5H3. The molecule has 2 aromatic carbocycles. The Morgan fingerprint density at radius 2 is 1.86 bits per heavy atom. The molecular formula is C34H41N3O5S. The van der Waals surface area contributed by atoms with Crippen LogP contribution < -0.4 is 9.64 Å². The monoisotopic (exact) mass is 603 g/mol. The minimum Gasteiger partial charge on any atom is -0.488 e. The van der Waals surface area contributed by atoms with E-state index in [2.05, 4.69) is 23.3 Å². The number of benzene rings is 2. The molecule has 0 spiro atoms. The van der Waals surface area contributed by atoms with Crippen molar-refractivity contribution in [3.63, 3.8) is 0 Å². The molecule has 9 heteroatoms. The van der Waals surface area contributed by atoms with Gasteiger partial charge >= 0.3 is 5.97 Å². The molecule has 8 nitrogen and oxygen atoms in total. The van der Waals surface area contributed by atoms with Crippen LogP contribution in [0.4, 0.5) is 5.13 Å². The molecule has 3 aliphatic rings. The summed E-state index contributed by atoms with van der Waals surface area (Å²) in [6.45, 7) is 13.5. The van der Waals surface area contributed by atoms with Gasteiger partial charge in [-0.05, 0) is 88.8 Å².